The molecule has 0 unspecified atom stereocenters. The number of benzene rings is 2. The van der Waals surface area contributed by atoms with Gasteiger partial charge in [-0.1, -0.05) is 54.8 Å². The summed E-state index contributed by atoms with van der Waals surface area (Å²) < 4.78 is 0. The molecule has 1 aliphatic rings. The average molecular weight is 383 g/mol. The SMILES string of the molecule is Cc1ccc(C2CC([N-]OC(=O)c3ccccc3)C2)c(C)c1.[Y]. The van der Waals surface area contributed by atoms with Gasteiger partial charge in [-0.25, -0.2) is 4.79 Å². The van der Waals surface area contributed by atoms with Crippen LogP contribution in [-0.4, -0.2) is 12.0 Å². The predicted molar refractivity (Wildman–Crippen MR) is 86.9 cm³/mol. The first kappa shape index (κ1) is 18.3. The van der Waals surface area contributed by atoms with Crippen molar-refractivity contribution in [1.82, 2.24) is 0 Å². The zero-order valence-corrected chi connectivity index (χ0v) is 16.4. The van der Waals surface area contributed by atoms with E-state index in [1.54, 1.807) is 12.1 Å². The molecular weight excluding hydrogens is 363 g/mol. The molecule has 2 aromatic rings. The molecule has 0 amide bonds. The van der Waals surface area contributed by atoms with Crippen LogP contribution < -0.4 is 0 Å². The van der Waals surface area contributed by atoms with Crippen LogP contribution >= 0.6 is 0 Å². The van der Waals surface area contributed by atoms with Gasteiger partial charge in [0.15, 0.2) is 0 Å². The molecule has 0 aliphatic heterocycles. The molecule has 0 aromatic heterocycles. The number of carbonyl (C=O) groups excluding carboxylic acids is 1. The summed E-state index contributed by atoms with van der Waals surface area (Å²) in [5, 5.41) is 0. The quantitative estimate of drug-likeness (QED) is 0.719. The molecule has 0 saturated heterocycles. The summed E-state index contributed by atoms with van der Waals surface area (Å²) in [6.45, 7) is 4.26. The Bertz CT molecular complexity index is 666. The Morgan fingerprint density at radius 3 is 2.43 bits per heavy atom. The van der Waals surface area contributed by atoms with Crippen molar-refractivity contribution in [2.75, 3.05) is 0 Å². The molecular formula is C19H20NO2Y-. The van der Waals surface area contributed by atoms with Gasteiger partial charge in [-0.15, -0.1) is 6.04 Å². The molecule has 0 atom stereocenters. The van der Waals surface area contributed by atoms with Crippen molar-refractivity contribution in [3.8, 4) is 0 Å². The maximum atomic E-state index is 11.8. The molecule has 0 spiro atoms. The summed E-state index contributed by atoms with van der Waals surface area (Å²) in [4.78, 5) is 16.9. The van der Waals surface area contributed by atoms with E-state index in [2.05, 4.69) is 37.5 Å². The fourth-order valence-electron chi connectivity index (χ4n) is 2.96. The van der Waals surface area contributed by atoms with Gasteiger partial charge in [0, 0.05) is 32.7 Å². The van der Waals surface area contributed by atoms with Crippen LogP contribution in [0.25, 0.3) is 5.48 Å². The molecule has 0 bridgehead atoms. The number of carbonyl (C=O) groups is 1. The first-order chi connectivity index (χ1) is 10.6. The third-order valence-corrected chi connectivity index (χ3v) is 4.27. The Hall–Kier alpha value is -1.03. The van der Waals surface area contributed by atoms with Crippen molar-refractivity contribution in [3.63, 3.8) is 0 Å². The Kier molecular flexibility index (Phi) is 6.52. The summed E-state index contributed by atoms with van der Waals surface area (Å²) in [7, 11) is 0. The Labute approximate surface area is 162 Å². The van der Waals surface area contributed by atoms with Crippen molar-refractivity contribution in [2.24, 2.45) is 0 Å². The molecule has 1 saturated carbocycles. The summed E-state index contributed by atoms with van der Waals surface area (Å²) >= 11 is 0. The molecule has 1 aliphatic carbocycles. The van der Waals surface area contributed by atoms with Crippen LogP contribution in [0.3, 0.4) is 0 Å². The van der Waals surface area contributed by atoms with E-state index in [0.717, 1.165) is 12.8 Å². The minimum absolute atomic E-state index is 0. The largest absolute Gasteiger partial charge is 0.557 e. The van der Waals surface area contributed by atoms with Crippen molar-refractivity contribution in [3.05, 3.63) is 76.3 Å². The van der Waals surface area contributed by atoms with Crippen LogP contribution in [0.2, 0.25) is 0 Å². The number of hydroxylamine groups is 1. The fraction of sp³-hybridized carbons (Fsp3) is 0.316. The van der Waals surface area contributed by atoms with Gasteiger partial charge in [-0.3, -0.25) is 0 Å². The van der Waals surface area contributed by atoms with Crippen molar-refractivity contribution < 1.29 is 42.3 Å². The van der Waals surface area contributed by atoms with E-state index < -0.39 is 0 Å². The standard InChI is InChI=1S/C19H20NO2.Y/c1-13-8-9-18(14(2)10-13)16-11-17(12-16)20-22-19(21)15-6-4-3-5-7-15;/h3-10,16-17H,11-12H2,1-2H3;/q-1;. The van der Waals surface area contributed by atoms with E-state index in [-0.39, 0.29) is 44.7 Å². The van der Waals surface area contributed by atoms with E-state index in [0.29, 0.717) is 11.5 Å². The van der Waals surface area contributed by atoms with E-state index in [1.807, 2.05) is 18.2 Å². The van der Waals surface area contributed by atoms with Gasteiger partial charge in [0.2, 0.25) is 0 Å². The molecule has 4 heteroatoms. The van der Waals surface area contributed by atoms with Gasteiger partial charge in [0.25, 0.3) is 0 Å². The minimum atomic E-state index is -0.379. The topological polar surface area (TPSA) is 40.4 Å². The first-order valence-electron chi connectivity index (χ1n) is 7.67. The predicted octanol–water partition coefficient (Wildman–Crippen LogP) is 4.69. The van der Waals surface area contributed by atoms with E-state index in [9.17, 15) is 4.79 Å². The zero-order valence-electron chi connectivity index (χ0n) is 13.5. The first-order valence-corrected chi connectivity index (χ1v) is 7.67. The van der Waals surface area contributed by atoms with Gasteiger partial charge in [-0.2, -0.15) is 0 Å². The number of aryl methyl sites for hydroxylation is 2. The summed E-state index contributed by atoms with van der Waals surface area (Å²) in [6.07, 6.45) is 1.90. The van der Waals surface area contributed by atoms with Crippen molar-refractivity contribution >= 4 is 5.97 Å². The van der Waals surface area contributed by atoms with Gasteiger partial charge in [0.1, 0.15) is 0 Å². The number of hydrogen-bond donors (Lipinski definition) is 0. The van der Waals surface area contributed by atoms with E-state index in [1.165, 1.54) is 16.7 Å². The third kappa shape index (κ3) is 4.50. The molecule has 117 valence electrons. The molecule has 23 heavy (non-hydrogen) atoms. The number of hydrogen-bond acceptors (Lipinski definition) is 2. The van der Waals surface area contributed by atoms with Crippen LogP contribution in [0.1, 0.15) is 45.8 Å². The van der Waals surface area contributed by atoms with Crippen LogP contribution in [-0.2, 0) is 37.5 Å². The molecule has 2 aromatic carbocycles. The maximum Gasteiger partial charge on any atom is 0.323 e. The Morgan fingerprint density at radius 2 is 1.78 bits per heavy atom. The third-order valence-electron chi connectivity index (χ3n) is 4.27. The van der Waals surface area contributed by atoms with Gasteiger partial charge in [0.05, 0.1) is 5.56 Å². The molecule has 0 N–H and O–H groups in total. The fourth-order valence-corrected chi connectivity index (χ4v) is 2.96. The second-order valence-electron chi connectivity index (χ2n) is 6.03. The normalized spacial score (nSPS) is 19.4. The average Bonchev–Trinajstić information content (AvgIpc) is 2.48. The summed E-state index contributed by atoms with van der Waals surface area (Å²) in [6, 6.07) is 15.7. The summed E-state index contributed by atoms with van der Waals surface area (Å²) in [5.74, 6) is 0.153. The smallest absolute Gasteiger partial charge is 0.323 e. The van der Waals surface area contributed by atoms with E-state index in [4.69, 9.17) is 4.84 Å². The van der Waals surface area contributed by atoms with E-state index >= 15 is 0 Å². The Morgan fingerprint density at radius 1 is 1.09 bits per heavy atom. The zero-order chi connectivity index (χ0) is 15.5. The van der Waals surface area contributed by atoms with Crippen LogP contribution in [0.15, 0.2) is 48.5 Å². The molecule has 3 rings (SSSR count). The number of rotatable bonds is 4. The van der Waals surface area contributed by atoms with Crippen LogP contribution in [0.5, 0.6) is 0 Å². The second kappa shape index (κ2) is 8.18. The van der Waals surface area contributed by atoms with Gasteiger partial charge in [-0.05, 0) is 43.0 Å². The molecule has 1 fully saturated rings. The van der Waals surface area contributed by atoms with Crippen LogP contribution in [0, 0.1) is 13.8 Å². The molecule has 1 radical (unpaired) electrons. The van der Waals surface area contributed by atoms with Crippen molar-refractivity contribution in [1.29, 1.82) is 0 Å². The molecule has 3 nitrogen and oxygen atoms in total. The van der Waals surface area contributed by atoms with Crippen LogP contribution in [0.4, 0.5) is 0 Å². The van der Waals surface area contributed by atoms with Crippen molar-refractivity contribution in [2.45, 2.75) is 38.6 Å². The minimum Gasteiger partial charge on any atom is -0.557 e. The Balaban J connectivity index is 0.00000192. The maximum absolute atomic E-state index is 11.8. The summed E-state index contributed by atoms with van der Waals surface area (Å²) in [5.41, 5.74) is 8.64. The monoisotopic (exact) mass is 383 g/mol. The second-order valence-corrected chi connectivity index (χ2v) is 6.03. The van der Waals surface area contributed by atoms with Gasteiger partial charge < -0.3 is 10.3 Å². The van der Waals surface area contributed by atoms with Gasteiger partial charge >= 0.3 is 5.97 Å². The number of nitrogens with zero attached hydrogens (tertiary/aromatic N) is 1. The molecule has 0 heterocycles.